The fourth-order valence-corrected chi connectivity index (χ4v) is 4.48. The van der Waals surface area contributed by atoms with E-state index in [0.29, 0.717) is 24.5 Å². The summed E-state index contributed by atoms with van der Waals surface area (Å²) in [7, 11) is 1.64. The Hall–Kier alpha value is -3.26. The van der Waals surface area contributed by atoms with Crippen molar-refractivity contribution in [1.82, 2.24) is 4.98 Å². The van der Waals surface area contributed by atoms with Crippen LogP contribution in [0.5, 0.6) is 11.5 Å². The quantitative estimate of drug-likeness (QED) is 0.370. The first kappa shape index (κ1) is 19.7. The Morgan fingerprint density at radius 2 is 1.87 bits per heavy atom. The van der Waals surface area contributed by atoms with Gasteiger partial charge in [0, 0.05) is 16.5 Å². The lowest BCUT2D eigenvalue weighted by Gasteiger charge is -2.29. The number of rotatable bonds is 3. The van der Waals surface area contributed by atoms with Crippen LogP contribution in [0.2, 0.25) is 0 Å². The minimum absolute atomic E-state index is 0.356. The topological polar surface area (TPSA) is 34.6 Å². The summed E-state index contributed by atoms with van der Waals surface area (Å²) in [4.78, 5) is 6.66. The summed E-state index contributed by atoms with van der Waals surface area (Å²) in [6.45, 7) is 0.980. The van der Waals surface area contributed by atoms with Crippen molar-refractivity contribution in [1.29, 1.82) is 0 Å². The molecule has 0 radical (unpaired) electrons. The summed E-state index contributed by atoms with van der Waals surface area (Å²) in [5, 5.41) is 4.75. The molecule has 158 valence electrons. The molecule has 5 rings (SSSR count). The van der Waals surface area contributed by atoms with Crippen LogP contribution in [0, 0.1) is 0 Å². The second kappa shape index (κ2) is 7.46. The number of ether oxygens (including phenoxy) is 2. The molecule has 3 aromatic carbocycles. The minimum Gasteiger partial charge on any atom is -0.497 e. The molecule has 0 bridgehead atoms. The van der Waals surface area contributed by atoms with Crippen molar-refractivity contribution in [3.8, 4) is 22.8 Å². The zero-order valence-electron chi connectivity index (χ0n) is 16.4. The van der Waals surface area contributed by atoms with Crippen molar-refractivity contribution < 1.29 is 22.6 Å². The zero-order valence-corrected chi connectivity index (χ0v) is 17.3. The third-order valence-corrected chi connectivity index (χ3v) is 6.19. The number of hydrogen-bond acceptors (Lipinski definition) is 5. The van der Waals surface area contributed by atoms with Crippen LogP contribution in [0.3, 0.4) is 0 Å². The lowest BCUT2D eigenvalue weighted by molar-refractivity contribution is -0.137. The molecule has 0 saturated heterocycles. The Bertz CT molecular complexity index is 1250. The van der Waals surface area contributed by atoms with Crippen molar-refractivity contribution in [2.24, 2.45) is 0 Å². The summed E-state index contributed by atoms with van der Waals surface area (Å²) in [6, 6.07) is 15.0. The van der Waals surface area contributed by atoms with Crippen molar-refractivity contribution in [2.75, 3.05) is 18.7 Å². The van der Waals surface area contributed by atoms with Gasteiger partial charge in [-0.05, 0) is 41.1 Å². The molecule has 8 heteroatoms. The van der Waals surface area contributed by atoms with E-state index in [4.69, 9.17) is 9.47 Å². The van der Waals surface area contributed by atoms with Gasteiger partial charge in [0.1, 0.15) is 11.5 Å². The third kappa shape index (κ3) is 3.67. The number of alkyl halides is 3. The molecule has 0 unspecified atom stereocenters. The summed E-state index contributed by atoms with van der Waals surface area (Å²) in [6.07, 6.45) is -4.35. The van der Waals surface area contributed by atoms with Crippen LogP contribution in [-0.4, -0.2) is 18.8 Å². The Kier molecular flexibility index (Phi) is 4.74. The lowest BCUT2D eigenvalue weighted by atomic mass is 10.0. The van der Waals surface area contributed by atoms with Crippen molar-refractivity contribution >= 4 is 27.2 Å². The number of aromatic nitrogens is 1. The van der Waals surface area contributed by atoms with Crippen molar-refractivity contribution in [3.05, 3.63) is 71.1 Å². The van der Waals surface area contributed by atoms with Gasteiger partial charge in [-0.15, -0.1) is 11.3 Å². The van der Waals surface area contributed by atoms with E-state index >= 15 is 0 Å². The largest absolute Gasteiger partial charge is 0.497 e. The highest BCUT2D eigenvalue weighted by atomic mass is 32.1. The Balaban J connectivity index is 1.42. The highest BCUT2D eigenvalue weighted by molar-refractivity contribution is 7.14. The molecule has 4 aromatic rings. The highest BCUT2D eigenvalue weighted by Crippen LogP contribution is 2.37. The predicted octanol–water partition coefficient (Wildman–Crippen LogP) is 6.35. The van der Waals surface area contributed by atoms with Gasteiger partial charge >= 0.3 is 6.18 Å². The number of fused-ring (bicyclic) bond motifs is 3. The summed E-state index contributed by atoms with van der Waals surface area (Å²) in [5.41, 5.74) is 1.68. The molecule has 31 heavy (non-hydrogen) atoms. The van der Waals surface area contributed by atoms with Crippen LogP contribution in [0.1, 0.15) is 11.1 Å². The van der Waals surface area contributed by atoms with Crippen molar-refractivity contribution in [2.45, 2.75) is 12.7 Å². The highest BCUT2D eigenvalue weighted by Gasteiger charge is 2.30. The number of benzene rings is 3. The molecule has 0 fully saturated rings. The van der Waals surface area contributed by atoms with Gasteiger partial charge in [0.05, 0.1) is 24.9 Å². The SMILES string of the molecule is COc1ccc2c3c(ccc2c1)OCN(c1nc(-c2ccc(C(F)(F)F)cc2)cs1)C3. The minimum atomic E-state index is -4.35. The molecular weight excluding hydrogens is 425 g/mol. The van der Waals surface area contributed by atoms with E-state index in [1.54, 1.807) is 7.11 Å². The van der Waals surface area contributed by atoms with Gasteiger partial charge in [0.15, 0.2) is 11.9 Å². The second-order valence-electron chi connectivity index (χ2n) is 7.19. The summed E-state index contributed by atoms with van der Waals surface area (Å²) < 4.78 is 49.7. The van der Waals surface area contributed by atoms with E-state index in [1.807, 2.05) is 40.6 Å². The van der Waals surface area contributed by atoms with Gasteiger partial charge in [-0.25, -0.2) is 4.98 Å². The molecule has 1 aromatic heterocycles. The monoisotopic (exact) mass is 442 g/mol. The zero-order chi connectivity index (χ0) is 21.6. The fourth-order valence-electron chi connectivity index (χ4n) is 3.66. The number of hydrogen-bond donors (Lipinski definition) is 0. The van der Waals surface area contributed by atoms with Crippen LogP contribution < -0.4 is 14.4 Å². The number of halogens is 3. The number of thiazole rings is 1. The lowest BCUT2D eigenvalue weighted by Crippen LogP contribution is -2.31. The molecule has 2 heterocycles. The summed E-state index contributed by atoms with van der Waals surface area (Å²) in [5.74, 6) is 1.63. The molecule has 0 N–H and O–H groups in total. The van der Waals surface area contributed by atoms with Gasteiger partial charge in [0.25, 0.3) is 0 Å². The van der Waals surface area contributed by atoms with E-state index in [1.165, 1.54) is 23.5 Å². The van der Waals surface area contributed by atoms with Gasteiger partial charge in [-0.1, -0.05) is 24.3 Å². The third-order valence-electron chi connectivity index (χ3n) is 5.29. The van der Waals surface area contributed by atoms with Crippen molar-refractivity contribution in [3.63, 3.8) is 0 Å². The maximum atomic E-state index is 12.8. The molecular formula is C23H17F3N2O2S. The predicted molar refractivity (Wildman–Crippen MR) is 115 cm³/mol. The molecule has 1 aliphatic rings. The maximum absolute atomic E-state index is 12.8. The van der Waals surface area contributed by atoms with Gasteiger partial charge in [-0.2, -0.15) is 13.2 Å². The van der Waals surface area contributed by atoms with E-state index in [2.05, 4.69) is 4.98 Å². The standard InChI is InChI=1S/C23H17F3N2O2S/c1-29-17-7-8-18-15(10-17)4-9-21-19(18)11-28(13-30-21)22-27-20(12-31-22)14-2-5-16(6-3-14)23(24,25)26/h2-10,12H,11,13H2,1H3. The first-order valence-electron chi connectivity index (χ1n) is 9.53. The Labute approximate surface area is 180 Å². The second-order valence-corrected chi connectivity index (χ2v) is 8.03. The van der Waals surface area contributed by atoms with Crippen LogP contribution in [0.4, 0.5) is 18.3 Å². The molecule has 1 aliphatic heterocycles. The smallest absolute Gasteiger partial charge is 0.416 e. The first-order valence-corrected chi connectivity index (χ1v) is 10.4. The molecule has 0 amide bonds. The number of anilines is 1. The summed E-state index contributed by atoms with van der Waals surface area (Å²) >= 11 is 1.44. The molecule has 4 nitrogen and oxygen atoms in total. The van der Waals surface area contributed by atoms with E-state index in [0.717, 1.165) is 45.1 Å². The Morgan fingerprint density at radius 1 is 1.06 bits per heavy atom. The first-order chi connectivity index (χ1) is 14.9. The van der Waals surface area contributed by atoms with E-state index in [-0.39, 0.29) is 0 Å². The average molecular weight is 442 g/mol. The molecule has 0 atom stereocenters. The number of nitrogens with zero attached hydrogens (tertiary/aromatic N) is 2. The van der Waals surface area contributed by atoms with E-state index < -0.39 is 11.7 Å². The van der Waals surface area contributed by atoms with Crippen LogP contribution in [0.15, 0.2) is 60.0 Å². The van der Waals surface area contributed by atoms with Gasteiger partial charge in [-0.3, -0.25) is 0 Å². The fraction of sp³-hybridized carbons (Fsp3) is 0.174. The van der Waals surface area contributed by atoms with Gasteiger partial charge in [0.2, 0.25) is 0 Å². The number of methoxy groups -OCH3 is 1. The molecule has 0 aliphatic carbocycles. The van der Waals surface area contributed by atoms with Crippen LogP contribution in [-0.2, 0) is 12.7 Å². The maximum Gasteiger partial charge on any atom is 0.416 e. The van der Waals surface area contributed by atoms with E-state index in [9.17, 15) is 13.2 Å². The van der Waals surface area contributed by atoms with Gasteiger partial charge < -0.3 is 14.4 Å². The normalized spacial score (nSPS) is 13.7. The Morgan fingerprint density at radius 3 is 2.61 bits per heavy atom. The van der Waals surface area contributed by atoms with Crippen LogP contribution >= 0.6 is 11.3 Å². The average Bonchev–Trinajstić information content (AvgIpc) is 3.28. The van der Waals surface area contributed by atoms with Crippen LogP contribution in [0.25, 0.3) is 22.0 Å². The molecule has 0 spiro atoms. The molecule has 0 saturated carbocycles.